The van der Waals surface area contributed by atoms with Crippen LogP contribution in [0.25, 0.3) is 5.65 Å². The highest BCUT2D eigenvalue weighted by Crippen LogP contribution is 2.18. The second-order valence-electron chi connectivity index (χ2n) is 3.91. The fourth-order valence-corrected chi connectivity index (χ4v) is 1.77. The molecular weight excluding hydrogens is 206 g/mol. The van der Waals surface area contributed by atoms with Crippen molar-refractivity contribution in [3.8, 4) is 0 Å². The van der Waals surface area contributed by atoms with E-state index in [2.05, 4.69) is 10.1 Å². The molecule has 0 spiro atoms. The van der Waals surface area contributed by atoms with Gasteiger partial charge < -0.3 is 5.11 Å². The molecular formula is C11H13N3O2. The van der Waals surface area contributed by atoms with E-state index in [0.29, 0.717) is 11.3 Å². The van der Waals surface area contributed by atoms with Gasteiger partial charge in [0, 0.05) is 11.4 Å². The lowest BCUT2D eigenvalue weighted by Gasteiger charge is -2.06. The Labute approximate surface area is 92.7 Å². The second kappa shape index (κ2) is 3.30. The van der Waals surface area contributed by atoms with Gasteiger partial charge in [-0.25, -0.2) is 14.3 Å². The van der Waals surface area contributed by atoms with Crippen LogP contribution in [0, 0.1) is 27.7 Å². The van der Waals surface area contributed by atoms with Crippen LogP contribution in [0.5, 0.6) is 0 Å². The molecule has 0 aliphatic rings. The maximum Gasteiger partial charge on any atom is 0.341 e. The van der Waals surface area contributed by atoms with Crippen LogP contribution in [0.3, 0.4) is 0 Å². The van der Waals surface area contributed by atoms with Crippen LogP contribution in [-0.2, 0) is 0 Å². The Morgan fingerprint density at radius 3 is 2.38 bits per heavy atom. The van der Waals surface area contributed by atoms with E-state index in [-0.39, 0.29) is 5.56 Å². The van der Waals surface area contributed by atoms with E-state index in [1.165, 1.54) is 0 Å². The summed E-state index contributed by atoms with van der Waals surface area (Å²) in [7, 11) is 0. The highest BCUT2D eigenvalue weighted by Gasteiger charge is 2.19. The number of carboxylic acid groups (broad SMARTS) is 1. The number of hydrogen-bond acceptors (Lipinski definition) is 3. The van der Waals surface area contributed by atoms with Gasteiger partial charge in [-0.2, -0.15) is 5.10 Å². The van der Waals surface area contributed by atoms with Crippen molar-refractivity contribution in [1.29, 1.82) is 0 Å². The smallest absolute Gasteiger partial charge is 0.341 e. The molecule has 0 saturated heterocycles. The Bertz CT molecular complexity index is 599. The fourth-order valence-electron chi connectivity index (χ4n) is 1.77. The van der Waals surface area contributed by atoms with E-state index in [1.807, 2.05) is 20.8 Å². The van der Waals surface area contributed by atoms with E-state index >= 15 is 0 Å². The Kier molecular flexibility index (Phi) is 2.18. The summed E-state index contributed by atoms with van der Waals surface area (Å²) in [5.41, 5.74) is 3.90. The SMILES string of the molecule is Cc1nc2c(C(=O)O)c(C)nn2c(C)c1C. The number of nitrogens with zero attached hydrogens (tertiary/aromatic N) is 3. The van der Waals surface area contributed by atoms with Gasteiger partial charge in [0.1, 0.15) is 5.56 Å². The normalized spacial score (nSPS) is 11.0. The van der Waals surface area contributed by atoms with Crippen molar-refractivity contribution >= 4 is 11.6 Å². The van der Waals surface area contributed by atoms with Gasteiger partial charge in [-0.1, -0.05) is 0 Å². The van der Waals surface area contributed by atoms with E-state index in [9.17, 15) is 4.79 Å². The first-order valence-electron chi connectivity index (χ1n) is 5.00. The largest absolute Gasteiger partial charge is 0.477 e. The summed E-state index contributed by atoms with van der Waals surface area (Å²) >= 11 is 0. The molecule has 0 amide bonds. The molecule has 1 N–H and O–H groups in total. The summed E-state index contributed by atoms with van der Waals surface area (Å²) < 4.78 is 1.60. The molecule has 0 aliphatic carbocycles. The van der Waals surface area contributed by atoms with Gasteiger partial charge in [-0.15, -0.1) is 0 Å². The van der Waals surface area contributed by atoms with Gasteiger partial charge >= 0.3 is 5.97 Å². The zero-order valence-corrected chi connectivity index (χ0v) is 9.70. The predicted octanol–water partition coefficient (Wildman–Crippen LogP) is 1.66. The molecule has 5 nitrogen and oxygen atoms in total. The number of aromatic nitrogens is 3. The summed E-state index contributed by atoms with van der Waals surface area (Å²) in [5.74, 6) is -0.984. The summed E-state index contributed by atoms with van der Waals surface area (Å²) in [6.45, 7) is 7.42. The van der Waals surface area contributed by atoms with Crippen LogP contribution < -0.4 is 0 Å². The van der Waals surface area contributed by atoms with E-state index in [4.69, 9.17) is 5.11 Å². The first kappa shape index (κ1) is 10.6. The lowest BCUT2D eigenvalue weighted by atomic mass is 10.2. The minimum absolute atomic E-state index is 0.186. The first-order chi connectivity index (χ1) is 7.43. The van der Waals surface area contributed by atoms with Crippen molar-refractivity contribution in [3.05, 3.63) is 28.2 Å². The number of fused-ring (bicyclic) bond motifs is 1. The third-order valence-electron chi connectivity index (χ3n) is 2.93. The summed E-state index contributed by atoms with van der Waals surface area (Å²) in [4.78, 5) is 15.4. The fraction of sp³-hybridized carbons (Fsp3) is 0.364. The average molecular weight is 219 g/mol. The maximum atomic E-state index is 11.1. The molecule has 0 bridgehead atoms. The van der Waals surface area contributed by atoms with Crippen LogP contribution in [0.4, 0.5) is 0 Å². The number of carbonyl (C=O) groups is 1. The Balaban J connectivity index is 2.96. The molecule has 84 valence electrons. The van der Waals surface area contributed by atoms with Crippen LogP contribution in [0.2, 0.25) is 0 Å². The molecule has 16 heavy (non-hydrogen) atoms. The van der Waals surface area contributed by atoms with Gasteiger partial charge in [0.05, 0.1) is 5.69 Å². The molecule has 2 aromatic heterocycles. The average Bonchev–Trinajstić information content (AvgIpc) is 2.51. The highest BCUT2D eigenvalue weighted by atomic mass is 16.4. The van der Waals surface area contributed by atoms with Gasteiger partial charge in [-0.05, 0) is 33.3 Å². The lowest BCUT2D eigenvalue weighted by molar-refractivity contribution is 0.0698. The van der Waals surface area contributed by atoms with Gasteiger partial charge in [0.2, 0.25) is 0 Å². The molecule has 5 heteroatoms. The minimum Gasteiger partial charge on any atom is -0.477 e. The molecule has 0 atom stereocenters. The van der Waals surface area contributed by atoms with E-state index in [0.717, 1.165) is 17.0 Å². The van der Waals surface area contributed by atoms with Gasteiger partial charge in [0.15, 0.2) is 5.65 Å². The quantitative estimate of drug-likeness (QED) is 0.792. The Morgan fingerprint density at radius 1 is 1.19 bits per heavy atom. The van der Waals surface area contributed by atoms with Crippen LogP contribution in [-0.4, -0.2) is 25.7 Å². The number of aromatic carboxylic acids is 1. The molecule has 0 unspecified atom stereocenters. The molecule has 2 rings (SSSR count). The number of aryl methyl sites for hydroxylation is 3. The Hall–Kier alpha value is -1.91. The predicted molar refractivity (Wildman–Crippen MR) is 58.9 cm³/mol. The number of carboxylic acids is 1. The molecule has 0 fully saturated rings. The van der Waals surface area contributed by atoms with Crippen molar-refractivity contribution in [3.63, 3.8) is 0 Å². The highest BCUT2D eigenvalue weighted by molar-refractivity contribution is 5.95. The first-order valence-corrected chi connectivity index (χ1v) is 5.00. The van der Waals surface area contributed by atoms with Gasteiger partial charge in [0.25, 0.3) is 0 Å². The molecule has 2 heterocycles. The van der Waals surface area contributed by atoms with E-state index < -0.39 is 5.97 Å². The topological polar surface area (TPSA) is 67.5 Å². The third kappa shape index (κ3) is 1.28. The molecule has 2 aromatic rings. The second-order valence-corrected chi connectivity index (χ2v) is 3.91. The third-order valence-corrected chi connectivity index (χ3v) is 2.93. The maximum absolute atomic E-state index is 11.1. The van der Waals surface area contributed by atoms with E-state index in [1.54, 1.807) is 11.4 Å². The van der Waals surface area contributed by atoms with Gasteiger partial charge in [-0.3, -0.25) is 0 Å². The molecule has 0 saturated carbocycles. The zero-order chi connectivity index (χ0) is 12.0. The lowest BCUT2D eigenvalue weighted by Crippen LogP contribution is -2.04. The van der Waals surface area contributed by atoms with Crippen LogP contribution >= 0.6 is 0 Å². The number of rotatable bonds is 1. The molecule has 0 aromatic carbocycles. The summed E-state index contributed by atoms with van der Waals surface area (Å²) in [6.07, 6.45) is 0. The van der Waals surface area contributed by atoms with Crippen LogP contribution in [0.1, 0.15) is 33.0 Å². The number of hydrogen-bond donors (Lipinski definition) is 1. The van der Waals surface area contributed by atoms with Crippen molar-refractivity contribution in [2.45, 2.75) is 27.7 Å². The van der Waals surface area contributed by atoms with Crippen molar-refractivity contribution < 1.29 is 9.90 Å². The van der Waals surface area contributed by atoms with Crippen molar-refractivity contribution in [2.75, 3.05) is 0 Å². The summed E-state index contributed by atoms with van der Waals surface area (Å²) in [5, 5.41) is 13.3. The monoisotopic (exact) mass is 219 g/mol. The summed E-state index contributed by atoms with van der Waals surface area (Å²) in [6, 6.07) is 0. The Morgan fingerprint density at radius 2 is 1.81 bits per heavy atom. The molecule has 0 radical (unpaired) electrons. The zero-order valence-electron chi connectivity index (χ0n) is 9.70. The molecule has 0 aliphatic heterocycles. The van der Waals surface area contributed by atoms with Crippen molar-refractivity contribution in [1.82, 2.24) is 14.6 Å². The van der Waals surface area contributed by atoms with Crippen molar-refractivity contribution in [2.24, 2.45) is 0 Å². The van der Waals surface area contributed by atoms with Crippen LogP contribution in [0.15, 0.2) is 0 Å². The minimum atomic E-state index is -0.984. The standard InChI is InChI=1S/C11H13N3O2/c1-5-6(2)12-10-9(11(15)16)7(3)13-14(10)8(5)4/h1-4H3,(H,15,16).